The summed E-state index contributed by atoms with van der Waals surface area (Å²) in [6.45, 7) is 4.11. The van der Waals surface area contributed by atoms with Crippen molar-refractivity contribution in [2.24, 2.45) is 0 Å². The number of carbonyl (C=O) groups excluding carboxylic acids is 1. The summed E-state index contributed by atoms with van der Waals surface area (Å²) < 4.78 is 5.40. The number of carbonyl (C=O) groups is 1. The number of aliphatic hydroxyl groups excluding tert-OH is 1. The lowest BCUT2D eigenvalue weighted by Crippen LogP contribution is -2.10. The molecule has 1 aromatic carbocycles. The van der Waals surface area contributed by atoms with Crippen molar-refractivity contribution in [2.75, 3.05) is 11.9 Å². The second-order valence-corrected chi connectivity index (χ2v) is 5.35. The predicted octanol–water partition coefficient (Wildman–Crippen LogP) is 2.59. The van der Waals surface area contributed by atoms with Gasteiger partial charge in [-0.2, -0.15) is 0 Å². The molecule has 0 aliphatic carbocycles. The first-order valence-electron chi connectivity index (χ1n) is 6.24. The summed E-state index contributed by atoms with van der Waals surface area (Å²) in [6, 6.07) is 5.19. The van der Waals surface area contributed by atoms with Gasteiger partial charge in [0.2, 0.25) is 0 Å². The van der Waals surface area contributed by atoms with E-state index < -0.39 is 0 Å². The molecule has 0 aliphatic rings. The van der Waals surface area contributed by atoms with Gasteiger partial charge in [0.25, 0.3) is 5.91 Å². The molecule has 1 amide bonds. The number of nitrogens with one attached hydrogen (secondary N) is 1. The fourth-order valence-corrected chi connectivity index (χ4v) is 2.41. The first kappa shape index (κ1) is 14.5. The maximum atomic E-state index is 12.0. The molecular weight excluding hydrogens is 276 g/mol. The molecule has 0 radical (unpaired) electrons. The number of aromatic nitrogens is 1. The number of ether oxygens (including phenoxy) is 1. The standard InChI is InChI=1S/C14H16N2O3S/c1-3-19-12-5-4-11(6-10(12)8-17)16-14(18)13-7-15-9(2)20-13/h4-7,17H,3,8H2,1-2H3,(H,16,18). The van der Waals surface area contributed by atoms with Crippen LogP contribution in [0, 0.1) is 6.92 Å². The highest BCUT2D eigenvalue weighted by Gasteiger charge is 2.11. The van der Waals surface area contributed by atoms with Gasteiger partial charge >= 0.3 is 0 Å². The molecule has 0 fully saturated rings. The Kier molecular flexibility index (Phi) is 4.70. The normalized spacial score (nSPS) is 10.3. The fraction of sp³-hybridized carbons (Fsp3) is 0.286. The molecule has 106 valence electrons. The van der Waals surface area contributed by atoms with Gasteiger partial charge in [0, 0.05) is 11.3 Å². The topological polar surface area (TPSA) is 71.5 Å². The zero-order valence-corrected chi connectivity index (χ0v) is 12.2. The highest BCUT2D eigenvalue weighted by molar-refractivity contribution is 7.13. The van der Waals surface area contributed by atoms with Crippen LogP contribution in [0.3, 0.4) is 0 Å². The molecule has 2 aromatic rings. The van der Waals surface area contributed by atoms with Crippen LogP contribution in [0.5, 0.6) is 5.75 Å². The summed E-state index contributed by atoms with van der Waals surface area (Å²) in [6.07, 6.45) is 1.55. The Morgan fingerprint density at radius 2 is 2.30 bits per heavy atom. The SMILES string of the molecule is CCOc1ccc(NC(=O)c2cnc(C)s2)cc1CO. The van der Waals surface area contributed by atoms with Crippen LogP contribution in [-0.2, 0) is 6.61 Å². The van der Waals surface area contributed by atoms with Crippen molar-refractivity contribution in [3.05, 3.63) is 39.8 Å². The first-order valence-corrected chi connectivity index (χ1v) is 7.06. The third-order valence-corrected chi connectivity index (χ3v) is 3.55. The zero-order chi connectivity index (χ0) is 14.5. The molecule has 0 bridgehead atoms. The van der Waals surface area contributed by atoms with Crippen molar-refractivity contribution in [3.8, 4) is 5.75 Å². The van der Waals surface area contributed by atoms with Gasteiger partial charge in [-0.05, 0) is 32.0 Å². The Labute approximate surface area is 121 Å². The Balaban J connectivity index is 2.15. The summed E-state index contributed by atoms with van der Waals surface area (Å²) in [5.41, 5.74) is 1.26. The smallest absolute Gasteiger partial charge is 0.267 e. The summed E-state index contributed by atoms with van der Waals surface area (Å²) in [5.74, 6) is 0.422. The number of benzene rings is 1. The average molecular weight is 292 g/mol. The molecule has 6 heteroatoms. The maximum Gasteiger partial charge on any atom is 0.267 e. The number of nitrogens with zero attached hydrogens (tertiary/aromatic N) is 1. The highest BCUT2D eigenvalue weighted by atomic mass is 32.1. The van der Waals surface area contributed by atoms with Gasteiger partial charge in [-0.1, -0.05) is 0 Å². The molecule has 0 aliphatic heterocycles. The lowest BCUT2D eigenvalue weighted by molar-refractivity contribution is 0.103. The van der Waals surface area contributed by atoms with E-state index in [4.69, 9.17) is 4.74 Å². The molecule has 0 saturated carbocycles. The Bertz CT molecular complexity index is 610. The van der Waals surface area contributed by atoms with Gasteiger partial charge in [-0.15, -0.1) is 11.3 Å². The summed E-state index contributed by atoms with van der Waals surface area (Å²) in [5, 5.41) is 12.9. The number of hydrogen-bond acceptors (Lipinski definition) is 5. The number of thiazole rings is 1. The van der Waals surface area contributed by atoms with Crippen molar-refractivity contribution in [2.45, 2.75) is 20.5 Å². The fourth-order valence-electron chi connectivity index (χ4n) is 1.74. The first-order chi connectivity index (χ1) is 9.63. The molecule has 5 nitrogen and oxygen atoms in total. The van der Waals surface area contributed by atoms with Crippen LogP contribution in [0.25, 0.3) is 0 Å². The Morgan fingerprint density at radius 3 is 2.90 bits per heavy atom. The van der Waals surface area contributed by atoms with Crippen molar-refractivity contribution in [1.82, 2.24) is 4.98 Å². The van der Waals surface area contributed by atoms with Crippen LogP contribution in [0.2, 0.25) is 0 Å². The van der Waals surface area contributed by atoms with Gasteiger partial charge in [0.1, 0.15) is 10.6 Å². The minimum Gasteiger partial charge on any atom is -0.494 e. The lowest BCUT2D eigenvalue weighted by atomic mass is 10.2. The number of aliphatic hydroxyl groups is 1. The third kappa shape index (κ3) is 3.34. The average Bonchev–Trinajstić information content (AvgIpc) is 2.87. The number of aryl methyl sites for hydroxylation is 1. The van der Waals surface area contributed by atoms with Gasteiger partial charge in [0.15, 0.2) is 0 Å². The summed E-state index contributed by atoms with van der Waals surface area (Å²) in [7, 11) is 0. The zero-order valence-electron chi connectivity index (χ0n) is 11.3. The molecule has 0 spiro atoms. The van der Waals surface area contributed by atoms with Gasteiger partial charge in [0.05, 0.1) is 24.4 Å². The molecule has 2 rings (SSSR count). The second-order valence-electron chi connectivity index (χ2n) is 4.11. The Morgan fingerprint density at radius 1 is 1.50 bits per heavy atom. The third-order valence-electron chi connectivity index (χ3n) is 2.63. The van der Waals surface area contributed by atoms with E-state index in [0.29, 0.717) is 28.5 Å². The summed E-state index contributed by atoms with van der Waals surface area (Å²) >= 11 is 1.34. The quantitative estimate of drug-likeness (QED) is 0.888. The molecule has 1 aromatic heterocycles. The second kappa shape index (κ2) is 6.49. The molecule has 0 unspecified atom stereocenters. The molecule has 0 saturated heterocycles. The van der Waals surface area contributed by atoms with E-state index in [0.717, 1.165) is 5.01 Å². The maximum absolute atomic E-state index is 12.0. The number of hydrogen-bond donors (Lipinski definition) is 2. The molecule has 2 N–H and O–H groups in total. The van der Waals surface area contributed by atoms with Crippen LogP contribution in [0.4, 0.5) is 5.69 Å². The minimum atomic E-state index is -0.205. The van der Waals surface area contributed by atoms with E-state index in [1.54, 1.807) is 24.4 Å². The van der Waals surface area contributed by atoms with E-state index in [1.807, 2.05) is 13.8 Å². The number of rotatable bonds is 5. The van der Waals surface area contributed by atoms with E-state index in [-0.39, 0.29) is 12.5 Å². The largest absolute Gasteiger partial charge is 0.494 e. The van der Waals surface area contributed by atoms with Crippen molar-refractivity contribution < 1.29 is 14.6 Å². The van der Waals surface area contributed by atoms with E-state index in [2.05, 4.69) is 10.3 Å². The molecule has 20 heavy (non-hydrogen) atoms. The molecule has 0 atom stereocenters. The van der Waals surface area contributed by atoms with E-state index >= 15 is 0 Å². The molecular formula is C14H16N2O3S. The molecule has 1 heterocycles. The van der Waals surface area contributed by atoms with Gasteiger partial charge in [-0.3, -0.25) is 4.79 Å². The highest BCUT2D eigenvalue weighted by Crippen LogP contribution is 2.24. The van der Waals surface area contributed by atoms with Crippen molar-refractivity contribution in [1.29, 1.82) is 0 Å². The van der Waals surface area contributed by atoms with Gasteiger partial charge < -0.3 is 15.2 Å². The van der Waals surface area contributed by atoms with Crippen LogP contribution in [-0.4, -0.2) is 22.6 Å². The van der Waals surface area contributed by atoms with Crippen LogP contribution < -0.4 is 10.1 Å². The number of anilines is 1. The van der Waals surface area contributed by atoms with Crippen molar-refractivity contribution in [3.63, 3.8) is 0 Å². The Hall–Kier alpha value is -1.92. The van der Waals surface area contributed by atoms with Gasteiger partial charge in [-0.25, -0.2) is 4.98 Å². The lowest BCUT2D eigenvalue weighted by Gasteiger charge is -2.10. The van der Waals surface area contributed by atoms with Crippen molar-refractivity contribution >= 4 is 22.9 Å². The van der Waals surface area contributed by atoms with Crippen LogP contribution in [0.15, 0.2) is 24.4 Å². The predicted molar refractivity (Wildman–Crippen MR) is 78.3 cm³/mol. The van der Waals surface area contributed by atoms with Crippen LogP contribution in [0.1, 0.15) is 27.2 Å². The minimum absolute atomic E-state index is 0.140. The van der Waals surface area contributed by atoms with E-state index in [1.165, 1.54) is 11.3 Å². The number of amides is 1. The summed E-state index contributed by atoms with van der Waals surface area (Å²) in [4.78, 5) is 16.6. The van der Waals surface area contributed by atoms with E-state index in [9.17, 15) is 9.90 Å². The monoisotopic (exact) mass is 292 g/mol. The van der Waals surface area contributed by atoms with Crippen LogP contribution >= 0.6 is 11.3 Å².